The van der Waals surface area contributed by atoms with Crippen molar-refractivity contribution < 1.29 is 4.74 Å². The van der Waals surface area contributed by atoms with Gasteiger partial charge in [0.05, 0.1) is 19.3 Å². The number of nitrogens with one attached hydrogen (secondary N) is 1. The van der Waals surface area contributed by atoms with Gasteiger partial charge in [0.15, 0.2) is 11.6 Å². The van der Waals surface area contributed by atoms with Crippen molar-refractivity contribution in [2.75, 3.05) is 26.3 Å². The average Bonchev–Trinajstić information content (AvgIpc) is 3.46. The van der Waals surface area contributed by atoms with Crippen LogP contribution in [0.15, 0.2) is 60.7 Å². The van der Waals surface area contributed by atoms with Crippen molar-refractivity contribution in [3.8, 4) is 0 Å². The Morgan fingerprint density at radius 2 is 1.71 bits per heavy atom. The Morgan fingerprint density at radius 3 is 2.48 bits per heavy atom. The summed E-state index contributed by atoms with van der Waals surface area (Å²) < 4.78 is 7.36. The number of hydrogen-bond donors (Lipinski definition) is 1. The second-order valence-corrected chi connectivity index (χ2v) is 7.52. The van der Waals surface area contributed by atoms with Crippen molar-refractivity contribution in [1.29, 1.82) is 0 Å². The predicted octanol–water partition coefficient (Wildman–Crippen LogP) is 1.85. The van der Waals surface area contributed by atoms with Crippen molar-refractivity contribution in [3.63, 3.8) is 0 Å². The molecule has 0 bridgehead atoms. The van der Waals surface area contributed by atoms with Crippen LogP contribution in [0.25, 0.3) is 0 Å². The summed E-state index contributed by atoms with van der Waals surface area (Å²) >= 11 is 0. The highest BCUT2D eigenvalue weighted by atomic mass is 16.5. The molecule has 0 amide bonds. The molecule has 2 aromatic heterocycles. The molecule has 5 rings (SSSR count). The maximum atomic E-state index is 5.56. The van der Waals surface area contributed by atoms with E-state index in [0.29, 0.717) is 26.2 Å². The lowest BCUT2D eigenvalue weighted by Crippen LogP contribution is -2.40. The summed E-state index contributed by atoms with van der Waals surface area (Å²) in [4.78, 5) is 7.01. The number of ether oxygens (including phenoxy) is 1. The molecule has 31 heavy (non-hydrogen) atoms. The Morgan fingerprint density at radius 1 is 0.968 bits per heavy atom. The van der Waals surface area contributed by atoms with E-state index in [1.165, 1.54) is 5.56 Å². The predicted molar refractivity (Wildman–Crippen MR) is 113 cm³/mol. The molecule has 1 saturated heterocycles. The van der Waals surface area contributed by atoms with Gasteiger partial charge in [-0.2, -0.15) is 5.10 Å². The first-order valence-corrected chi connectivity index (χ1v) is 10.4. The molecular formula is C22H24N8O. The summed E-state index contributed by atoms with van der Waals surface area (Å²) in [5.74, 6) is 2.27. The van der Waals surface area contributed by atoms with Crippen molar-refractivity contribution in [2.45, 2.75) is 19.0 Å². The lowest BCUT2D eigenvalue weighted by molar-refractivity contribution is 0.0216. The van der Waals surface area contributed by atoms with Gasteiger partial charge in [0.1, 0.15) is 12.4 Å². The van der Waals surface area contributed by atoms with Crippen LogP contribution in [-0.4, -0.2) is 66.6 Å². The van der Waals surface area contributed by atoms with Crippen LogP contribution in [0.3, 0.4) is 0 Å². The number of H-pyrrole nitrogens is 1. The van der Waals surface area contributed by atoms with Gasteiger partial charge < -0.3 is 4.74 Å². The number of rotatable bonds is 7. The molecule has 1 atom stereocenters. The molecule has 0 spiro atoms. The van der Waals surface area contributed by atoms with Gasteiger partial charge >= 0.3 is 0 Å². The van der Waals surface area contributed by atoms with Crippen LogP contribution in [0.1, 0.15) is 34.6 Å². The molecule has 0 saturated carbocycles. The lowest BCUT2D eigenvalue weighted by Gasteiger charge is -2.33. The summed E-state index contributed by atoms with van der Waals surface area (Å²) in [7, 11) is 0. The van der Waals surface area contributed by atoms with Crippen LogP contribution in [0.4, 0.5) is 0 Å². The van der Waals surface area contributed by atoms with E-state index in [2.05, 4.69) is 59.9 Å². The van der Waals surface area contributed by atoms with Crippen LogP contribution in [-0.2, 0) is 17.7 Å². The summed E-state index contributed by atoms with van der Waals surface area (Å²) in [6, 6.07) is 20.5. The first-order valence-electron chi connectivity index (χ1n) is 10.4. The van der Waals surface area contributed by atoms with Crippen LogP contribution >= 0.6 is 0 Å². The van der Waals surface area contributed by atoms with Crippen LogP contribution in [0, 0.1) is 0 Å². The number of benzene rings is 2. The molecule has 1 aliphatic rings. The maximum absolute atomic E-state index is 5.56. The van der Waals surface area contributed by atoms with E-state index in [-0.39, 0.29) is 6.04 Å². The molecule has 4 aromatic rings. The molecule has 2 aromatic carbocycles. The monoisotopic (exact) mass is 416 g/mol. The standard InChI is InChI=1S/C22H24N8O/c1-3-7-17(8-4-1)15-19-23-20(25-24-19)16-30-22(26-27-28-30)21(18-9-5-2-6-10-18)29-11-13-31-14-12-29/h1-10,21H,11-16H2,(H,23,24,25). The fourth-order valence-corrected chi connectivity index (χ4v) is 3.92. The van der Waals surface area contributed by atoms with Crippen LogP contribution < -0.4 is 0 Å². The number of nitrogens with zero attached hydrogens (tertiary/aromatic N) is 7. The minimum atomic E-state index is -0.0492. The summed E-state index contributed by atoms with van der Waals surface area (Å²) in [5, 5.41) is 20.0. The highest BCUT2D eigenvalue weighted by molar-refractivity contribution is 5.25. The average molecular weight is 416 g/mol. The lowest BCUT2D eigenvalue weighted by atomic mass is 10.0. The van der Waals surface area contributed by atoms with Crippen molar-refractivity contribution in [3.05, 3.63) is 89.3 Å². The third-order valence-electron chi connectivity index (χ3n) is 5.41. The zero-order chi connectivity index (χ0) is 20.9. The smallest absolute Gasteiger partial charge is 0.173 e. The molecule has 0 aliphatic carbocycles. The largest absolute Gasteiger partial charge is 0.379 e. The van der Waals surface area contributed by atoms with E-state index >= 15 is 0 Å². The zero-order valence-corrected chi connectivity index (χ0v) is 17.1. The van der Waals surface area contributed by atoms with E-state index in [1.807, 2.05) is 36.4 Å². The fraction of sp³-hybridized carbons (Fsp3) is 0.318. The molecule has 9 heteroatoms. The van der Waals surface area contributed by atoms with Gasteiger partial charge in [-0.25, -0.2) is 9.67 Å². The summed E-state index contributed by atoms with van der Waals surface area (Å²) in [6.45, 7) is 3.50. The van der Waals surface area contributed by atoms with Gasteiger partial charge in [0, 0.05) is 19.5 Å². The number of hydrogen-bond acceptors (Lipinski definition) is 7. The number of aromatic nitrogens is 7. The Hall–Kier alpha value is -3.43. The van der Waals surface area contributed by atoms with Crippen LogP contribution in [0.2, 0.25) is 0 Å². The van der Waals surface area contributed by atoms with Crippen molar-refractivity contribution >= 4 is 0 Å². The van der Waals surface area contributed by atoms with Crippen LogP contribution in [0.5, 0.6) is 0 Å². The third-order valence-corrected chi connectivity index (χ3v) is 5.41. The fourth-order valence-electron chi connectivity index (χ4n) is 3.92. The van der Waals surface area contributed by atoms with Gasteiger partial charge in [-0.05, 0) is 21.6 Å². The number of tetrazole rings is 1. The molecule has 9 nitrogen and oxygen atoms in total. The molecule has 3 heterocycles. The van der Waals surface area contributed by atoms with E-state index in [4.69, 9.17) is 4.74 Å². The minimum Gasteiger partial charge on any atom is -0.379 e. The van der Waals surface area contributed by atoms with Gasteiger partial charge in [0.2, 0.25) is 0 Å². The minimum absolute atomic E-state index is 0.0492. The van der Waals surface area contributed by atoms with Crippen molar-refractivity contribution in [1.82, 2.24) is 40.3 Å². The molecular weight excluding hydrogens is 392 g/mol. The van der Waals surface area contributed by atoms with Gasteiger partial charge in [-0.1, -0.05) is 60.7 Å². The Kier molecular flexibility index (Phi) is 5.76. The van der Waals surface area contributed by atoms with Crippen molar-refractivity contribution in [2.24, 2.45) is 0 Å². The number of aromatic amines is 1. The second-order valence-electron chi connectivity index (χ2n) is 7.52. The number of morpholine rings is 1. The van der Waals surface area contributed by atoms with Gasteiger partial charge in [-0.15, -0.1) is 5.10 Å². The first-order chi connectivity index (χ1) is 15.4. The highest BCUT2D eigenvalue weighted by Gasteiger charge is 2.29. The normalized spacial score (nSPS) is 15.7. The third kappa shape index (κ3) is 4.52. The van der Waals surface area contributed by atoms with E-state index in [9.17, 15) is 0 Å². The van der Waals surface area contributed by atoms with E-state index < -0.39 is 0 Å². The Labute approximate surface area is 180 Å². The van der Waals surface area contributed by atoms with Gasteiger partial charge in [-0.3, -0.25) is 10.00 Å². The summed E-state index contributed by atoms with van der Waals surface area (Å²) in [6.07, 6.45) is 0.681. The quantitative estimate of drug-likeness (QED) is 0.491. The maximum Gasteiger partial charge on any atom is 0.173 e. The summed E-state index contributed by atoms with van der Waals surface area (Å²) in [5.41, 5.74) is 2.33. The SMILES string of the molecule is c1ccc(Cc2n[nH]c(Cn3nnnc3C(c3ccccc3)N3CCOCC3)n2)cc1. The Bertz CT molecular complexity index is 1090. The molecule has 1 fully saturated rings. The zero-order valence-electron chi connectivity index (χ0n) is 17.1. The molecule has 1 N–H and O–H groups in total. The topological polar surface area (TPSA) is 97.6 Å². The van der Waals surface area contributed by atoms with E-state index in [0.717, 1.165) is 36.1 Å². The second kappa shape index (κ2) is 9.15. The van der Waals surface area contributed by atoms with E-state index in [1.54, 1.807) is 4.68 Å². The molecule has 0 radical (unpaired) electrons. The molecule has 1 aliphatic heterocycles. The highest BCUT2D eigenvalue weighted by Crippen LogP contribution is 2.27. The first kappa shape index (κ1) is 19.5. The van der Waals surface area contributed by atoms with Gasteiger partial charge in [0.25, 0.3) is 0 Å². The Balaban J connectivity index is 1.39. The molecule has 1 unspecified atom stereocenters. The molecule has 158 valence electrons.